The lowest BCUT2D eigenvalue weighted by Gasteiger charge is -2.01. The van der Waals surface area contributed by atoms with E-state index < -0.39 is 20.0 Å². The summed E-state index contributed by atoms with van der Waals surface area (Å²) in [4.78, 5) is 0. The minimum absolute atomic E-state index is 0.1000. The monoisotopic (exact) mass is 584 g/mol. The molecular weight excluding hydrogens is 560 g/mol. The first kappa shape index (κ1) is 27.0. The molecule has 0 unspecified atom stereocenters. The highest BCUT2D eigenvalue weighted by atomic mass is 32.2. The Morgan fingerprint density at radius 2 is 0.975 bits per heavy atom. The molecule has 4 aromatic heterocycles. The number of sulfonamides is 2. The SMILES string of the molecule is Cc1noc(NS(=O)(=O)c2cc3ccccc3o2)c1C.Cc1noc(NS(=O)(=O)c2cc3ccccc3o2)c1C. The van der Waals surface area contributed by atoms with E-state index in [0.29, 0.717) is 33.7 Å². The third-order valence-corrected chi connectivity index (χ3v) is 8.47. The Hall–Kier alpha value is -4.56. The second-order valence-electron chi connectivity index (χ2n) is 8.86. The maximum absolute atomic E-state index is 12.2. The molecule has 14 heteroatoms. The zero-order chi connectivity index (χ0) is 28.7. The van der Waals surface area contributed by atoms with Crippen LogP contribution in [0.1, 0.15) is 22.5 Å². The second kappa shape index (κ2) is 10.2. The van der Waals surface area contributed by atoms with E-state index in [1.807, 2.05) is 12.1 Å². The van der Waals surface area contributed by atoms with Crippen LogP contribution in [0.5, 0.6) is 0 Å². The number of para-hydroxylation sites is 2. The van der Waals surface area contributed by atoms with Crippen LogP contribution in [0.25, 0.3) is 21.9 Å². The lowest BCUT2D eigenvalue weighted by molar-refractivity contribution is 0.428. The van der Waals surface area contributed by atoms with Crippen LogP contribution in [-0.2, 0) is 20.0 Å². The summed E-state index contributed by atoms with van der Waals surface area (Å²) in [6.45, 7) is 6.92. The predicted octanol–water partition coefficient (Wildman–Crippen LogP) is 5.68. The third-order valence-electron chi connectivity index (χ3n) is 6.10. The summed E-state index contributed by atoms with van der Waals surface area (Å²) in [5.74, 6) is 0.200. The lowest BCUT2D eigenvalue weighted by Crippen LogP contribution is -2.12. The van der Waals surface area contributed by atoms with Crippen LogP contribution >= 0.6 is 0 Å². The number of nitrogens with one attached hydrogen (secondary N) is 2. The summed E-state index contributed by atoms with van der Waals surface area (Å²) in [5, 5.41) is 8.53. The van der Waals surface area contributed by atoms with Crippen molar-refractivity contribution in [2.24, 2.45) is 0 Å². The van der Waals surface area contributed by atoms with Gasteiger partial charge in [0.2, 0.25) is 22.0 Å². The van der Waals surface area contributed by atoms with Crippen LogP contribution in [0.4, 0.5) is 11.8 Å². The number of anilines is 2. The van der Waals surface area contributed by atoms with Crippen LogP contribution in [0, 0.1) is 27.7 Å². The highest BCUT2D eigenvalue weighted by molar-refractivity contribution is 7.92. The predicted molar refractivity (Wildman–Crippen MR) is 146 cm³/mol. The molecule has 6 rings (SSSR count). The quantitative estimate of drug-likeness (QED) is 0.248. The van der Waals surface area contributed by atoms with Crippen LogP contribution < -0.4 is 9.44 Å². The minimum atomic E-state index is -3.83. The van der Waals surface area contributed by atoms with Gasteiger partial charge in [0.15, 0.2) is 0 Å². The average molecular weight is 585 g/mol. The Kier molecular flexibility index (Phi) is 6.89. The van der Waals surface area contributed by atoms with Gasteiger partial charge >= 0.3 is 0 Å². The molecule has 208 valence electrons. The molecule has 40 heavy (non-hydrogen) atoms. The summed E-state index contributed by atoms with van der Waals surface area (Å²) in [5.41, 5.74) is 3.57. The van der Waals surface area contributed by atoms with E-state index in [1.54, 1.807) is 64.1 Å². The highest BCUT2D eigenvalue weighted by Crippen LogP contribution is 2.27. The molecular formula is C26H24N4O8S2. The van der Waals surface area contributed by atoms with Gasteiger partial charge in [-0.15, -0.1) is 0 Å². The minimum Gasteiger partial charge on any atom is -0.443 e. The molecule has 0 aliphatic rings. The van der Waals surface area contributed by atoms with E-state index in [0.717, 1.165) is 10.8 Å². The van der Waals surface area contributed by atoms with Crippen molar-refractivity contribution >= 4 is 53.8 Å². The van der Waals surface area contributed by atoms with Gasteiger partial charge in [-0.25, -0.2) is 9.44 Å². The number of fused-ring (bicyclic) bond motifs is 2. The van der Waals surface area contributed by atoms with Crippen molar-refractivity contribution in [2.75, 3.05) is 9.44 Å². The van der Waals surface area contributed by atoms with Gasteiger partial charge in [-0.2, -0.15) is 16.8 Å². The van der Waals surface area contributed by atoms with Crippen LogP contribution in [-0.4, -0.2) is 27.1 Å². The first-order valence-electron chi connectivity index (χ1n) is 11.8. The number of rotatable bonds is 6. The molecule has 6 aromatic rings. The van der Waals surface area contributed by atoms with E-state index >= 15 is 0 Å². The Balaban J connectivity index is 0.000000161. The van der Waals surface area contributed by atoms with Crippen LogP contribution in [0.2, 0.25) is 0 Å². The van der Waals surface area contributed by atoms with E-state index in [2.05, 4.69) is 19.8 Å². The highest BCUT2D eigenvalue weighted by Gasteiger charge is 2.24. The fourth-order valence-electron chi connectivity index (χ4n) is 3.55. The smallest absolute Gasteiger partial charge is 0.297 e. The second-order valence-corrected chi connectivity index (χ2v) is 12.1. The summed E-state index contributed by atoms with van der Waals surface area (Å²) in [6, 6.07) is 17.1. The topological polar surface area (TPSA) is 171 Å². The molecule has 4 heterocycles. The average Bonchev–Trinajstić information content (AvgIpc) is 3.70. The number of benzene rings is 2. The van der Waals surface area contributed by atoms with Crippen molar-refractivity contribution < 1.29 is 34.7 Å². The van der Waals surface area contributed by atoms with Crippen LogP contribution in [0.15, 0.2) is 88.7 Å². The van der Waals surface area contributed by atoms with Crippen molar-refractivity contribution in [3.8, 4) is 0 Å². The Bertz CT molecular complexity index is 1840. The maximum atomic E-state index is 12.2. The molecule has 0 atom stereocenters. The summed E-state index contributed by atoms with van der Waals surface area (Å²) in [6.07, 6.45) is 0. The molecule has 0 amide bonds. The number of hydrogen-bond acceptors (Lipinski definition) is 10. The summed E-state index contributed by atoms with van der Waals surface area (Å²) < 4.78 is 74.2. The number of aromatic nitrogens is 2. The van der Waals surface area contributed by atoms with Gasteiger partial charge in [0, 0.05) is 34.0 Å². The van der Waals surface area contributed by atoms with E-state index in [-0.39, 0.29) is 22.0 Å². The van der Waals surface area contributed by atoms with Crippen molar-refractivity contribution in [1.29, 1.82) is 0 Å². The molecule has 0 fully saturated rings. The third kappa shape index (κ3) is 5.31. The fourth-order valence-corrected chi connectivity index (χ4v) is 5.58. The molecule has 2 aromatic carbocycles. The number of aryl methyl sites for hydroxylation is 2. The molecule has 0 aliphatic heterocycles. The lowest BCUT2D eigenvalue weighted by atomic mass is 10.3. The molecule has 12 nitrogen and oxygen atoms in total. The van der Waals surface area contributed by atoms with E-state index in [1.165, 1.54) is 12.1 Å². The fraction of sp³-hybridized carbons (Fsp3) is 0.154. The summed E-state index contributed by atoms with van der Waals surface area (Å²) >= 11 is 0. The van der Waals surface area contributed by atoms with E-state index in [4.69, 9.17) is 17.9 Å². The molecule has 0 saturated heterocycles. The molecule has 0 aliphatic carbocycles. The first-order chi connectivity index (χ1) is 18.9. The number of furan rings is 2. The molecule has 0 saturated carbocycles. The normalized spacial score (nSPS) is 11.9. The van der Waals surface area contributed by atoms with Gasteiger partial charge in [-0.05, 0) is 39.8 Å². The molecule has 0 spiro atoms. The van der Waals surface area contributed by atoms with Gasteiger partial charge in [0.05, 0.1) is 11.4 Å². The van der Waals surface area contributed by atoms with Crippen LogP contribution in [0.3, 0.4) is 0 Å². The van der Waals surface area contributed by atoms with Gasteiger partial charge in [0.1, 0.15) is 11.2 Å². The van der Waals surface area contributed by atoms with Gasteiger partial charge in [0.25, 0.3) is 20.0 Å². The molecule has 0 radical (unpaired) electrons. The number of hydrogen-bond donors (Lipinski definition) is 2. The number of nitrogens with zero attached hydrogens (tertiary/aromatic N) is 2. The Labute approximate surface area is 229 Å². The van der Waals surface area contributed by atoms with Crippen molar-refractivity contribution in [2.45, 2.75) is 37.9 Å². The largest absolute Gasteiger partial charge is 0.443 e. The molecule has 2 N–H and O–H groups in total. The van der Waals surface area contributed by atoms with Gasteiger partial charge in [-0.3, -0.25) is 0 Å². The first-order valence-corrected chi connectivity index (χ1v) is 14.8. The molecule has 0 bridgehead atoms. The van der Waals surface area contributed by atoms with Crippen molar-refractivity contribution in [3.63, 3.8) is 0 Å². The zero-order valence-electron chi connectivity index (χ0n) is 21.8. The zero-order valence-corrected chi connectivity index (χ0v) is 23.4. The van der Waals surface area contributed by atoms with Crippen molar-refractivity contribution in [3.05, 3.63) is 83.2 Å². The Morgan fingerprint density at radius 3 is 1.30 bits per heavy atom. The van der Waals surface area contributed by atoms with E-state index in [9.17, 15) is 16.8 Å². The van der Waals surface area contributed by atoms with Gasteiger partial charge in [-0.1, -0.05) is 46.7 Å². The van der Waals surface area contributed by atoms with Crippen molar-refractivity contribution in [1.82, 2.24) is 10.3 Å². The summed E-state index contributed by atoms with van der Waals surface area (Å²) in [7, 11) is -7.67. The van der Waals surface area contributed by atoms with Gasteiger partial charge < -0.3 is 17.9 Å². The standard InChI is InChI=1S/2C13H12N2O4S/c2*1-8-9(2)14-19-13(8)15-20(16,17)12-7-10-5-3-4-6-11(10)18-12/h2*3-7,15H,1-2H3. The Morgan fingerprint density at radius 1 is 0.600 bits per heavy atom. The maximum Gasteiger partial charge on any atom is 0.297 e.